The molecule has 0 saturated heterocycles. The van der Waals surface area contributed by atoms with Crippen molar-refractivity contribution in [2.75, 3.05) is 13.1 Å². The van der Waals surface area contributed by atoms with Gasteiger partial charge in [-0.15, -0.1) is 0 Å². The molecule has 0 aromatic rings. The van der Waals surface area contributed by atoms with Gasteiger partial charge in [-0.3, -0.25) is 9.59 Å². The molecule has 5 nitrogen and oxygen atoms in total. The van der Waals surface area contributed by atoms with E-state index in [2.05, 4.69) is 10.6 Å². The van der Waals surface area contributed by atoms with E-state index in [0.717, 1.165) is 0 Å². The molecule has 5 heteroatoms. The highest BCUT2D eigenvalue weighted by atomic mass is 16.3. The summed E-state index contributed by atoms with van der Waals surface area (Å²) >= 11 is 0. The van der Waals surface area contributed by atoms with Gasteiger partial charge in [0.1, 0.15) is 0 Å². The highest BCUT2D eigenvalue weighted by Gasteiger charge is 2.23. The predicted molar refractivity (Wildman–Crippen MR) is 80.2 cm³/mol. The SMILES string of the molecule is CC(C)CC(C)(O)CNC(=O)CCNC(=O)C(C)(C)C. The maximum absolute atomic E-state index is 11.6. The van der Waals surface area contributed by atoms with Crippen molar-refractivity contribution >= 4 is 11.8 Å². The zero-order chi connectivity index (χ0) is 16.0. The van der Waals surface area contributed by atoms with Gasteiger partial charge >= 0.3 is 0 Å². The summed E-state index contributed by atoms with van der Waals surface area (Å²) in [5.74, 6) is 0.133. The second-order valence-electron chi connectivity index (χ2n) is 7.13. The first-order chi connectivity index (χ1) is 8.94. The summed E-state index contributed by atoms with van der Waals surface area (Å²) < 4.78 is 0. The van der Waals surface area contributed by atoms with Crippen LogP contribution in [0.4, 0.5) is 0 Å². The molecule has 0 aliphatic rings. The quantitative estimate of drug-likeness (QED) is 0.663. The van der Waals surface area contributed by atoms with E-state index in [1.165, 1.54) is 0 Å². The van der Waals surface area contributed by atoms with E-state index in [9.17, 15) is 14.7 Å². The lowest BCUT2D eigenvalue weighted by Crippen LogP contribution is -2.43. The number of amides is 2. The molecular weight excluding hydrogens is 256 g/mol. The molecule has 0 radical (unpaired) electrons. The van der Waals surface area contributed by atoms with E-state index >= 15 is 0 Å². The molecule has 20 heavy (non-hydrogen) atoms. The Bertz CT molecular complexity index is 331. The molecule has 1 atom stereocenters. The fraction of sp³-hybridized carbons (Fsp3) is 0.867. The number of carbonyl (C=O) groups is 2. The standard InChI is InChI=1S/C15H30N2O3/c1-11(2)9-15(6,20)10-17-12(18)7-8-16-13(19)14(3,4)5/h11,20H,7-10H2,1-6H3,(H,16,19)(H,17,18). The molecule has 0 fully saturated rings. The van der Waals surface area contributed by atoms with Crippen molar-refractivity contribution in [3.8, 4) is 0 Å². The van der Waals surface area contributed by atoms with E-state index in [1.54, 1.807) is 6.92 Å². The number of rotatable bonds is 7. The maximum Gasteiger partial charge on any atom is 0.225 e. The van der Waals surface area contributed by atoms with E-state index in [1.807, 2.05) is 34.6 Å². The van der Waals surface area contributed by atoms with Crippen molar-refractivity contribution in [3.05, 3.63) is 0 Å². The summed E-state index contributed by atoms with van der Waals surface area (Å²) in [6, 6.07) is 0. The third-order valence-corrected chi connectivity index (χ3v) is 2.83. The van der Waals surface area contributed by atoms with Crippen LogP contribution in [0, 0.1) is 11.3 Å². The van der Waals surface area contributed by atoms with Crippen molar-refractivity contribution in [1.82, 2.24) is 10.6 Å². The van der Waals surface area contributed by atoms with Gasteiger partial charge in [0.2, 0.25) is 11.8 Å². The van der Waals surface area contributed by atoms with Gasteiger partial charge in [-0.25, -0.2) is 0 Å². The van der Waals surface area contributed by atoms with Crippen LogP contribution in [0.5, 0.6) is 0 Å². The molecule has 0 bridgehead atoms. The summed E-state index contributed by atoms with van der Waals surface area (Å²) in [5, 5.41) is 15.5. The minimum absolute atomic E-state index is 0.0721. The zero-order valence-electron chi connectivity index (χ0n) is 13.7. The van der Waals surface area contributed by atoms with Gasteiger partial charge in [0.05, 0.1) is 5.60 Å². The molecule has 118 valence electrons. The third kappa shape index (κ3) is 8.91. The second kappa shape index (κ2) is 7.62. The molecule has 0 aliphatic heterocycles. The second-order valence-corrected chi connectivity index (χ2v) is 7.13. The van der Waals surface area contributed by atoms with Gasteiger partial charge in [-0.2, -0.15) is 0 Å². The lowest BCUT2D eigenvalue weighted by Gasteiger charge is -2.25. The summed E-state index contributed by atoms with van der Waals surface area (Å²) in [4.78, 5) is 23.2. The van der Waals surface area contributed by atoms with Crippen LogP contribution in [0.3, 0.4) is 0 Å². The molecule has 0 aromatic heterocycles. The number of aliphatic hydroxyl groups is 1. The summed E-state index contributed by atoms with van der Waals surface area (Å²) in [7, 11) is 0. The average molecular weight is 286 g/mol. The highest BCUT2D eigenvalue weighted by molar-refractivity contribution is 5.82. The van der Waals surface area contributed by atoms with Crippen LogP contribution < -0.4 is 10.6 Å². The molecule has 3 N–H and O–H groups in total. The largest absolute Gasteiger partial charge is 0.388 e. The normalized spacial score (nSPS) is 14.8. The lowest BCUT2D eigenvalue weighted by molar-refractivity contribution is -0.128. The van der Waals surface area contributed by atoms with Crippen LogP contribution in [0.15, 0.2) is 0 Å². The van der Waals surface area contributed by atoms with Gasteiger partial charge in [0.15, 0.2) is 0 Å². The number of nitrogens with one attached hydrogen (secondary N) is 2. The summed E-state index contributed by atoms with van der Waals surface area (Å²) in [6.45, 7) is 11.8. The van der Waals surface area contributed by atoms with Crippen LogP contribution >= 0.6 is 0 Å². The molecule has 0 saturated carbocycles. The van der Waals surface area contributed by atoms with Crippen molar-refractivity contribution in [2.45, 2.75) is 60.0 Å². The fourth-order valence-corrected chi connectivity index (χ4v) is 1.88. The van der Waals surface area contributed by atoms with Gasteiger partial charge in [-0.1, -0.05) is 34.6 Å². The predicted octanol–water partition coefficient (Wildman–Crippen LogP) is 1.45. The molecule has 0 heterocycles. The van der Waals surface area contributed by atoms with E-state index in [-0.39, 0.29) is 24.8 Å². The minimum atomic E-state index is -0.890. The van der Waals surface area contributed by atoms with E-state index in [4.69, 9.17) is 0 Å². The van der Waals surface area contributed by atoms with Crippen molar-refractivity contribution in [1.29, 1.82) is 0 Å². The first kappa shape index (κ1) is 18.9. The number of hydrogen-bond acceptors (Lipinski definition) is 3. The van der Waals surface area contributed by atoms with E-state index in [0.29, 0.717) is 18.9 Å². The van der Waals surface area contributed by atoms with Crippen LogP contribution in [0.2, 0.25) is 0 Å². The van der Waals surface area contributed by atoms with Crippen LogP contribution in [0.25, 0.3) is 0 Å². The Morgan fingerprint density at radius 2 is 1.65 bits per heavy atom. The Kier molecular flexibility index (Phi) is 7.20. The monoisotopic (exact) mass is 286 g/mol. The topological polar surface area (TPSA) is 78.4 Å². The first-order valence-electron chi connectivity index (χ1n) is 7.21. The van der Waals surface area contributed by atoms with Crippen LogP contribution in [-0.2, 0) is 9.59 Å². The van der Waals surface area contributed by atoms with E-state index < -0.39 is 11.0 Å². The molecule has 1 unspecified atom stereocenters. The van der Waals surface area contributed by atoms with Gasteiger partial charge in [0.25, 0.3) is 0 Å². The summed E-state index contributed by atoms with van der Waals surface area (Å²) in [6.07, 6.45) is 0.855. The van der Waals surface area contributed by atoms with Gasteiger partial charge in [-0.05, 0) is 19.3 Å². The van der Waals surface area contributed by atoms with Crippen molar-refractivity contribution < 1.29 is 14.7 Å². The molecule has 0 aliphatic carbocycles. The maximum atomic E-state index is 11.6. The van der Waals surface area contributed by atoms with Crippen LogP contribution in [0.1, 0.15) is 54.4 Å². The Hall–Kier alpha value is -1.10. The number of hydrogen-bond donors (Lipinski definition) is 3. The molecular formula is C15H30N2O3. The third-order valence-electron chi connectivity index (χ3n) is 2.83. The zero-order valence-corrected chi connectivity index (χ0v) is 13.7. The molecule has 0 spiro atoms. The van der Waals surface area contributed by atoms with Crippen LogP contribution in [-0.4, -0.2) is 35.6 Å². The Morgan fingerprint density at radius 3 is 2.10 bits per heavy atom. The summed E-state index contributed by atoms with van der Waals surface area (Å²) in [5.41, 5.74) is -1.34. The van der Waals surface area contributed by atoms with Gasteiger partial charge < -0.3 is 15.7 Å². The Balaban J connectivity index is 3.94. The smallest absolute Gasteiger partial charge is 0.225 e. The Morgan fingerprint density at radius 1 is 1.10 bits per heavy atom. The first-order valence-corrected chi connectivity index (χ1v) is 7.21. The number of carbonyl (C=O) groups excluding carboxylic acids is 2. The highest BCUT2D eigenvalue weighted by Crippen LogP contribution is 2.15. The molecule has 0 aromatic carbocycles. The average Bonchev–Trinajstić information content (AvgIpc) is 2.23. The molecule has 0 rings (SSSR count). The Labute approximate surface area is 122 Å². The lowest BCUT2D eigenvalue weighted by atomic mass is 9.94. The minimum Gasteiger partial charge on any atom is -0.388 e. The molecule has 2 amide bonds. The fourth-order valence-electron chi connectivity index (χ4n) is 1.88. The van der Waals surface area contributed by atoms with Crippen molar-refractivity contribution in [3.63, 3.8) is 0 Å². The van der Waals surface area contributed by atoms with Crippen molar-refractivity contribution in [2.24, 2.45) is 11.3 Å². The van der Waals surface area contributed by atoms with Gasteiger partial charge in [0, 0.05) is 24.9 Å².